The number of alkyl halides is 37. The molecule has 2 N–H and O–H groups in total. The van der Waals surface area contributed by atoms with Gasteiger partial charge in [0.25, 0.3) is 0 Å². The molecule has 0 amide bonds. The summed E-state index contributed by atoms with van der Waals surface area (Å²) in [5.74, 6) is -167. The first-order chi connectivity index (χ1) is 26.4. The van der Waals surface area contributed by atoms with Gasteiger partial charge in [0, 0.05) is 6.42 Å². The molecule has 0 aromatic heterocycles. The van der Waals surface area contributed by atoms with Gasteiger partial charge in [0.15, 0.2) is 0 Å². The third-order valence-electron chi connectivity index (χ3n) is 7.59. The molecule has 0 bridgehead atoms. The van der Waals surface area contributed by atoms with E-state index >= 15 is 0 Å². The lowest BCUT2D eigenvalue weighted by Gasteiger charge is -2.47. The van der Waals surface area contributed by atoms with Gasteiger partial charge < -0.3 is 9.79 Å². The van der Waals surface area contributed by atoms with E-state index in [1.165, 1.54) is 0 Å². The van der Waals surface area contributed by atoms with Crippen LogP contribution in [0.25, 0.3) is 0 Å². The minimum Gasteiger partial charge on any atom is -0.303 e. The highest BCUT2D eigenvalue weighted by atomic mass is 31.2. The Labute approximate surface area is 316 Å². The number of hydrogen-bond donors (Lipinski definition) is 2. The van der Waals surface area contributed by atoms with E-state index in [1.54, 1.807) is 0 Å². The molecule has 63 heavy (non-hydrogen) atoms. The van der Waals surface area contributed by atoms with Crippen LogP contribution in [0.4, 0.5) is 162 Å². The predicted octanol–water partition coefficient (Wildman–Crippen LogP) is 12.2. The Morgan fingerprint density at radius 1 is 0.317 bits per heavy atom. The zero-order chi connectivity index (χ0) is 52.5. The third-order valence-corrected chi connectivity index (χ3v) is 8.23. The van der Waals surface area contributed by atoms with Crippen molar-refractivity contribution in [1.82, 2.24) is 0 Å². The van der Waals surface area contributed by atoms with Crippen LogP contribution in [0.2, 0.25) is 0 Å². The maximum Gasteiger partial charge on any atom is 0.469 e. The Bertz CT molecular complexity index is 1700. The van der Waals surface area contributed by atoms with Crippen molar-refractivity contribution in [3.8, 4) is 0 Å². The summed E-state index contributed by atoms with van der Waals surface area (Å²) in [7, 11) is -6.28. The summed E-state index contributed by atoms with van der Waals surface area (Å²) in [5.41, 5.74) is 0. The van der Waals surface area contributed by atoms with E-state index < -0.39 is 127 Å². The third kappa shape index (κ3) is 7.64. The second kappa shape index (κ2) is 15.0. The van der Waals surface area contributed by atoms with Crippen LogP contribution >= 0.6 is 7.82 Å². The lowest BCUT2D eigenvalue weighted by Crippen LogP contribution is -2.80. The van der Waals surface area contributed by atoms with Gasteiger partial charge in [0.2, 0.25) is 0 Å². The highest BCUT2D eigenvalue weighted by molar-refractivity contribution is 7.46. The van der Waals surface area contributed by atoms with Gasteiger partial charge in [0.1, 0.15) is 0 Å². The lowest BCUT2D eigenvalue weighted by atomic mass is 9.82. The smallest absolute Gasteiger partial charge is 0.303 e. The molecular weight excluding hydrogens is 1050 g/mol. The van der Waals surface area contributed by atoms with Crippen molar-refractivity contribution < 1.29 is 181 Å². The minimum atomic E-state index is -10.5. The molecule has 0 saturated heterocycles. The second-order valence-electron chi connectivity index (χ2n) is 12.0. The van der Waals surface area contributed by atoms with Gasteiger partial charge in [-0.1, -0.05) is 0 Å². The molecule has 380 valence electrons. The molecule has 0 heterocycles. The van der Waals surface area contributed by atoms with Crippen LogP contribution < -0.4 is 0 Å². The fourth-order valence-electron chi connectivity index (χ4n) is 3.93. The highest BCUT2D eigenvalue weighted by Gasteiger charge is 3.02. The first-order valence-corrected chi connectivity index (χ1v) is 15.1. The molecule has 0 aliphatic heterocycles. The fraction of sp³-hybridized carbons (Fsp3) is 1.00. The van der Waals surface area contributed by atoms with E-state index in [1.807, 2.05) is 0 Å². The zero-order valence-electron chi connectivity index (χ0n) is 27.4. The molecule has 4 nitrogen and oxygen atoms in total. The van der Waals surface area contributed by atoms with Gasteiger partial charge in [-0.15, -0.1) is 0 Å². The largest absolute Gasteiger partial charge is 0.469 e. The van der Waals surface area contributed by atoms with Crippen LogP contribution in [0.15, 0.2) is 0 Å². The molecule has 0 spiro atoms. The van der Waals surface area contributed by atoms with Crippen LogP contribution in [0.5, 0.6) is 0 Å². The fourth-order valence-corrected chi connectivity index (χ4v) is 4.47. The highest BCUT2D eigenvalue weighted by Crippen LogP contribution is 2.71. The topological polar surface area (TPSA) is 66.8 Å². The van der Waals surface area contributed by atoms with Crippen LogP contribution in [0, 0.1) is 0 Å². The quantitative estimate of drug-likeness (QED) is 0.0942. The standard InChI is InChI=1S/C21H8F37O4P/c1-3(62-63(59,60)61)2-4(22,23)5(24,25)6(26,27)7(28,29)8(30,31)9(32,33)10(34,35)11(36,37)12(38,39)13(40,41)14(42,43)15(44,45)16(46,47)17(48,49)18(50,51)19(52,53)20(54,55)21(56,57)58/h3H,2H2,1H3,(H2,59,60,61). The van der Waals surface area contributed by atoms with Gasteiger partial charge >= 0.3 is 115 Å². The SMILES string of the molecule is CC(CC(F)(F)C(F)(F)C(F)(F)C(F)(F)C(F)(F)C(F)(F)C(F)(F)C(F)(F)C(F)(F)C(F)(F)C(F)(F)C(F)(F)C(F)(F)C(F)(F)C(F)(F)C(F)(F)C(F)(F)C(F)(F)F)OP(=O)(O)O. The summed E-state index contributed by atoms with van der Waals surface area (Å²) in [6.45, 7) is -0.347. The average Bonchev–Trinajstić information content (AvgIpc) is 3.01. The molecule has 0 aromatic carbocycles. The number of hydrogen-bond acceptors (Lipinski definition) is 2. The average molecular weight is 1060 g/mol. The van der Waals surface area contributed by atoms with E-state index in [4.69, 9.17) is 9.79 Å². The molecule has 1 atom stereocenters. The van der Waals surface area contributed by atoms with Crippen molar-refractivity contribution in [1.29, 1.82) is 0 Å². The normalized spacial score (nSPS) is 17.7. The minimum absolute atomic E-state index is 0.347. The molecular formula is C21H8F37O4P. The molecule has 0 aromatic rings. The number of rotatable bonds is 20. The van der Waals surface area contributed by atoms with Gasteiger partial charge in [-0.25, -0.2) is 4.57 Å². The first-order valence-electron chi connectivity index (χ1n) is 13.6. The summed E-state index contributed by atoms with van der Waals surface area (Å²) in [5, 5.41) is 0. The van der Waals surface area contributed by atoms with Gasteiger partial charge in [-0.05, 0) is 6.92 Å². The summed E-state index contributed by atoms with van der Waals surface area (Å²) in [6.07, 6.45) is -15.6. The lowest BCUT2D eigenvalue weighted by molar-refractivity contribution is -0.493. The maximum absolute atomic E-state index is 14.0. The summed E-state index contributed by atoms with van der Waals surface area (Å²) in [6, 6.07) is 0. The van der Waals surface area contributed by atoms with Crippen LogP contribution in [0.1, 0.15) is 13.3 Å². The molecule has 0 radical (unpaired) electrons. The van der Waals surface area contributed by atoms with E-state index in [0.717, 1.165) is 0 Å². The molecule has 1 unspecified atom stereocenters. The summed E-state index contributed by atoms with van der Waals surface area (Å²) in [4.78, 5) is 16.6. The first kappa shape index (κ1) is 60.5. The van der Waals surface area contributed by atoms with Crippen molar-refractivity contribution in [3.63, 3.8) is 0 Å². The van der Waals surface area contributed by atoms with E-state index in [9.17, 15) is 167 Å². The molecule has 42 heteroatoms. The van der Waals surface area contributed by atoms with Crippen molar-refractivity contribution in [2.24, 2.45) is 0 Å². The summed E-state index contributed by atoms with van der Waals surface area (Å²) < 4.78 is 519. The van der Waals surface area contributed by atoms with Crippen LogP contribution in [-0.2, 0) is 9.09 Å². The maximum atomic E-state index is 14.0. The Balaban J connectivity index is 7.81. The molecule has 0 fully saturated rings. The predicted molar refractivity (Wildman–Crippen MR) is 117 cm³/mol. The molecule has 0 rings (SSSR count). The van der Waals surface area contributed by atoms with Crippen molar-refractivity contribution >= 4 is 7.82 Å². The summed E-state index contributed by atoms with van der Waals surface area (Å²) >= 11 is 0. The monoisotopic (exact) mass is 1060 g/mol. The second-order valence-corrected chi connectivity index (χ2v) is 13.2. The van der Waals surface area contributed by atoms with Crippen LogP contribution in [-0.4, -0.2) is 123 Å². The number of halogens is 37. The Kier molecular flexibility index (Phi) is 14.4. The van der Waals surface area contributed by atoms with Crippen molar-refractivity contribution in [2.75, 3.05) is 0 Å². The zero-order valence-corrected chi connectivity index (χ0v) is 28.3. The van der Waals surface area contributed by atoms with Crippen LogP contribution in [0.3, 0.4) is 0 Å². The van der Waals surface area contributed by atoms with Crippen molar-refractivity contribution in [2.45, 2.75) is 126 Å². The Morgan fingerprint density at radius 2 is 0.460 bits per heavy atom. The van der Waals surface area contributed by atoms with E-state index in [0.29, 0.717) is 0 Å². The number of phosphoric ester groups is 1. The van der Waals surface area contributed by atoms with Gasteiger partial charge in [0.05, 0.1) is 6.10 Å². The molecule has 0 saturated carbocycles. The molecule has 0 aliphatic carbocycles. The van der Waals surface area contributed by atoms with E-state index in [-0.39, 0.29) is 6.92 Å². The molecule has 0 aliphatic rings. The van der Waals surface area contributed by atoms with Crippen molar-refractivity contribution in [3.05, 3.63) is 0 Å². The Morgan fingerprint density at radius 3 is 0.603 bits per heavy atom. The van der Waals surface area contributed by atoms with Gasteiger partial charge in [-0.3, -0.25) is 4.52 Å². The van der Waals surface area contributed by atoms with E-state index in [2.05, 4.69) is 4.52 Å². The van der Waals surface area contributed by atoms with Gasteiger partial charge in [-0.2, -0.15) is 162 Å². The number of phosphoric acid groups is 1. The Hall–Kier alpha value is -2.48.